The van der Waals surface area contributed by atoms with Gasteiger partial charge in [-0.15, -0.1) is 0 Å². The molecule has 2 aromatic rings. The average Bonchev–Trinajstić information content (AvgIpc) is 3.06. The predicted molar refractivity (Wildman–Crippen MR) is 82.3 cm³/mol. The van der Waals surface area contributed by atoms with Crippen LogP contribution in [0.3, 0.4) is 0 Å². The normalized spacial score (nSPS) is 18.8. The number of rotatable bonds is 3. The van der Waals surface area contributed by atoms with E-state index in [1.54, 1.807) is 6.07 Å². The molecule has 2 atom stereocenters. The molecule has 1 aromatic carbocycles. The van der Waals surface area contributed by atoms with Gasteiger partial charge in [-0.1, -0.05) is 18.2 Å². The van der Waals surface area contributed by atoms with Crippen molar-refractivity contribution in [3.63, 3.8) is 0 Å². The molecule has 0 bridgehead atoms. The number of benzene rings is 1. The Kier molecular flexibility index (Phi) is 4.03. The van der Waals surface area contributed by atoms with Crippen LogP contribution in [-0.2, 0) is 4.74 Å². The van der Waals surface area contributed by atoms with Crippen molar-refractivity contribution in [1.82, 2.24) is 10.3 Å². The van der Waals surface area contributed by atoms with E-state index in [-0.39, 0.29) is 11.8 Å². The van der Waals surface area contributed by atoms with Gasteiger partial charge in [0.15, 0.2) is 0 Å². The number of hydrogen-bond donors (Lipinski definition) is 1. The zero-order valence-electron chi connectivity index (χ0n) is 12.4. The number of carbonyl (C=O) groups is 1. The minimum absolute atomic E-state index is 0.0543. The third-order valence-electron chi connectivity index (χ3n) is 3.97. The summed E-state index contributed by atoms with van der Waals surface area (Å²) in [5.41, 5.74) is 2.02. The summed E-state index contributed by atoms with van der Waals surface area (Å²) < 4.78 is 5.30. The highest BCUT2D eigenvalue weighted by atomic mass is 16.5. The molecule has 5 nitrogen and oxygen atoms in total. The summed E-state index contributed by atoms with van der Waals surface area (Å²) in [6, 6.07) is 11.0. The molecular formula is C17H17N3O2. The van der Waals surface area contributed by atoms with Crippen LogP contribution in [0.5, 0.6) is 0 Å². The van der Waals surface area contributed by atoms with Crippen LogP contribution in [0.1, 0.15) is 22.5 Å². The highest BCUT2D eigenvalue weighted by molar-refractivity contribution is 6.05. The van der Waals surface area contributed by atoms with Gasteiger partial charge < -0.3 is 10.1 Å². The van der Waals surface area contributed by atoms with Crippen molar-refractivity contribution in [2.45, 2.75) is 19.4 Å². The Balaban J connectivity index is 1.88. The van der Waals surface area contributed by atoms with E-state index in [2.05, 4.69) is 16.4 Å². The molecule has 0 saturated carbocycles. The number of nitrogens with one attached hydrogen (secondary N) is 1. The second-order valence-electron chi connectivity index (χ2n) is 5.53. The summed E-state index contributed by atoms with van der Waals surface area (Å²) in [5, 5.41) is 13.0. The van der Waals surface area contributed by atoms with Crippen LogP contribution >= 0.6 is 0 Å². The van der Waals surface area contributed by atoms with Gasteiger partial charge in [0.2, 0.25) is 0 Å². The Morgan fingerprint density at radius 1 is 1.45 bits per heavy atom. The molecule has 5 heteroatoms. The van der Waals surface area contributed by atoms with Gasteiger partial charge in [-0.2, -0.15) is 5.26 Å². The fraction of sp³-hybridized carbons (Fsp3) is 0.353. The topological polar surface area (TPSA) is 75.0 Å². The predicted octanol–water partition coefficient (Wildman–Crippen LogP) is 2.20. The number of carbonyl (C=O) groups excluding carboxylic acids is 1. The molecule has 1 N–H and O–H groups in total. The third-order valence-corrected chi connectivity index (χ3v) is 3.97. The standard InChI is InChI=1S/C17H17N3O2/c1-11-5-6-12-3-2-4-14(16(12)19-11)17(21)20-15(9-18)13-7-8-22-10-13/h2-6,13,15H,7-8,10H2,1H3,(H,20,21). The third kappa shape index (κ3) is 2.78. The molecule has 0 aliphatic carbocycles. The lowest BCUT2D eigenvalue weighted by Gasteiger charge is -2.17. The molecular weight excluding hydrogens is 278 g/mol. The molecule has 22 heavy (non-hydrogen) atoms. The summed E-state index contributed by atoms with van der Waals surface area (Å²) in [6.07, 6.45) is 0.797. The Morgan fingerprint density at radius 2 is 2.32 bits per heavy atom. The highest BCUT2D eigenvalue weighted by Gasteiger charge is 2.27. The van der Waals surface area contributed by atoms with Gasteiger partial charge in [-0.25, -0.2) is 0 Å². The summed E-state index contributed by atoms with van der Waals surface area (Å²) >= 11 is 0. The van der Waals surface area contributed by atoms with Gasteiger partial charge in [0.1, 0.15) is 6.04 Å². The second-order valence-corrected chi connectivity index (χ2v) is 5.53. The Bertz CT molecular complexity index is 745. The van der Waals surface area contributed by atoms with E-state index in [4.69, 9.17) is 4.74 Å². The number of ether oxygens (including phenoxy) is 1. The van der Waals surface area contributed by atoms with Crippen LogP contribution in [-0.4, -0.2) is 30.1 Å². The lowest BCUT2D eigenvalue weighted by atomic mass is 9.99. The lowest BCUT2D eigenvalue weighted by Crippen LogP contribution is -2.39. The van der Waals surface area contributed by atoms with E-state index in [0.29, 0.717) is 24.3 Å². The minimum atomic E-state index is -0.532. The van der Waals surface area contributed by atoms with Crippen molar-refractivity contribution in [3.05, 3.63) is 41.6 Å². The molecule has 2 unspecified atom stereocenters. The maximum atomic E-state index is 12.6. The number of aryl methyl sites for hydroxylation is 1. The minimum Gasteiger partial charge on any atom is -0.381 e. The number of nitrogens with zero attached hydrogens (tertiary/aromatic N) is 2. The molecule has 2 heterocycles. The molecule has 1 aliphatic rings. The maximum absolute atomic E-state index is 12.6. The maximum Gasteiger partial charge on any atom is 0.254 e. The highest BCUT2D eigenvalue weighted by Crippen LogP contribution is 2.20. The molecule has 1 amide bonds. The molecule has 1 aromatic heterocycles. The van der Waals surface area contributed by atoms with Crippen molar-refractivity contribution < 1.29 is 9.53 Å². The number of nitriles is 1. The smallest absolute Gasteiger partial charge is 0.254 e. The SMILES string of the molecule is Cc1ccc2cccc(C(=O)NC(C#N)C3CCOC3)c2n1. The Hall–Kier alpha value is -2.45. The molecule has 112 valence electrons. The van der Waals surface area contributed by atoms with Crippen molar-refractivity contribution in [3.8, 4) is 6.07 Å². The molecule has 0 radical (unpaired) electrons. The monoisotopic (exact) mass is 295 g/mol. The first-order valence-electron chi connectivity index (χ1n) is 7.33. The summed E-state index contributed by atoms with van der Waals surface area (Å²) in [4.78, 5) is 17.0. The zero-order chi connectivity index (χ0) is 15.5. The average molecular weight is 295 g/mol. The van der Waals surface area contributed by atoms with Crippen LogP contribution in [0.15, 0.2) is 30.3 Å². The fourth-order valence-corrected chi connectivity index (χ4v) is 2.72. The number of hydrogen-bond acceptors (Lipinski definition) is 4. The van der Waals surface area contributed by atoms with E-state index >= 15 is 0 Å². The first kappa shape index (κ1) is 14.5. The van der Waals surface area contributed by atoms with E-state index < -0.39 is 6.04 Å². The largest absolute Gasteiger partial charge is 0.381 e. The van der Waals surface area contributed by atoms with E-state index in [0.717, 1.165) is 17.5 Å². The van der Waals surface area contributed by atoms with Crippen molar-refractivity contribution >= 4 is 16.8 Å². The quantitative estimate of drug-likeness (QED) is 0.942. The van der Waals surface area contributed by atoms with Crippen LogP contribution in [0, 0.1) is 24.2 Å². The van der Waals surface area contributed by atoms with Crippen molar-refractivity contribution in [2.24, 2.45) is 5.92 Å². The molecule has 1 fully saturated rings. The van der Waals surface area contributed by atoms with Gasteiger partial charge in [-0.3, -0.25) is 9.78 Å². The van der Waals surface area contributed by atoms with Crippen LogP contribution in [0.4, 0.5) is 0 Å². The summed E-state index contributed by atoms with van der Waals surface area (Å²) in [5.74, 6) is -0.208. The second kappa shape index (κ2) is 6.12. The van der Waals surface area contributed by atoms with Crippen LogP contribution in [0.2, 0.25) is 0 Å². The van der Waals surface area contributed by atoms with Crippen LogP contribution < -0.4 is 5.32 Å². The lowest BCUT2D eigenvalue weighted by molar-refractivity contribution is 0.0932. The Labute approximate surface area is 128 Å². The Morgan fingerprint density at radius 3 is 3.05 bits per heavy atom. The number of pyridine rings is 1. The van der Waals surface area contributed by atoms with Gasteiger partial charge in [0, 0.05) is 23.6 Å². The van der Waals surface area contributed by atoms with Crippen LogP contribution in [0.25, 0.3) is 10.9 Å². The number of aromatic nitrogens is 1. The molecule has 0 spiro atoms. The number of fused-ring (bicyclic) bond motifs is 1. The first-order valence-corrected chi connectivity index (χ1v) is 7.33. The first-order chi connectivity index (χ1) is 10.7. The van der Waals surface area contributed by atoms with E-state index in [1.807, 2.05) is 31.2 Å². The van der Waals surface area contributed by atoms with Gasteiger partial charge in [0.25, 0.3) is 5.91 Å². The molecule has 1 saturated heterocycles. The fourth-order valence-electron chi connectivity index (χ4n) is 2.72. The number of amides is 1. The van der Waals surface area contributed by atoms with Gasteiger partial charge in [0.05, 0.1) is 23.8 Å². The van der Waals surface area contributed by atoms with E-state index in [1.165, 1.54) is 0 Å². The van der Waals surface area contributed by atoms with Crippen molar-refractivity contribution in [2.75, 3.05) is 13.2 Å². The summed E-state index contributed by atoms with van der Waals surface area (Å²) in [7, 11) is 0. The summed E-state index contributed by atoms with van der Waals surface area (Å²) in [6.45, 7) is 3.06. The van der Waals surface area contributed by atoms with Gasteiger partial charge in [-0.05, 0) is 25.5 Å². The molecule has 3 rings (SSSR count). The van der Waals surface area contributed by atoms with Gasteiger partial charge >= 0.3 is 0 Å². The molecule has 1 aliphatic heterocycles. The number of para-hydroxylation sites is 1. The van der Waals surface area contributed by atoms with E-state index in [9.17, 15) is 10.1 Å². The van der Waals surface area contributed by atoms with Crippen molar-refractivity contribution in [1.29, 1.82) is 5.26 Å². The zero-order valence-corrected chi connectivity index (χ0v) is 12.4.